The van der Waals surface area contributed by atoms with E-state index in [0.717, 1.165) is 6.07 Å². The predicted octanol–water partition coefficient (Wildman–Crippen LogP) is 4.57. The van der Waals surface area contributed by atoms with Gasteiger partial charge in [0.2, 0.25) is 0 Å². The van der Waals surface area contributed by atoms with Crippen molar-refractivity contribution in [3.63, 3.8) is 0 Å². The van der Waals surface area contributed by atoms with Gasteiger partial charge in [-0.15, -0.1) is 0 Å². The second-order valence-corrected chi connectivity index (χ2v) is 5.90. The maximum atomic E-state index is 13.9. The highest BCUT2D eigenvalue weighted by molar-refractivity contribution is 9.10. The molecule has 0 spiro atoms. The van der Waals surface area contributed by atoms with E-state index in [2.05, 4.69) is 15.9 Å². The quantitative estimate of drug-likeness (QED) is 0.765. The van der Waals surface area contributed by atoms with E-state index in [1.807, 2.05) is 4.90 Å². The molecular formula is C16H12BrF3N2. The van der Waals surface area contributed by atoms with Gasteiger partial charge in [-0.05, 0) is 46.3 Å². The second-order valence-electron chi connectivity index (χ2n) is 5.05. The molecule has 0 fully saturated rings. The average Bonchev–Trinajstić information content (AvgIpc) is 2.84. The fourth-order valence-electron chi connectivity index (χ4n) is 2.38. The van der Waals surface area contributed by atoms with Crippen LogP contribution >= 0.6 is 15.9 Å². The second kappa shape index (κ2) is 5.68. The minimum absolute atomic E-state index is 0.309. The first-order valence-corrected chi connectivity index (χ1v) is 7.35. The molecule has 114 valence electrons. The number of anilines is 1. The zero-order valence-corrected chi connectivity index (χ0v) is 13.2. The minimum Gasteiger partial charge on any atom is -0.355 e. The number of rotatable bonds is 2. The molecule has 2 aromatic rings. The molecule has 0 bridgehead atoms. The van der Waals surface area contributed by atoms with Gasteiger partial charge in [-0.3, -0.25) is 0 Å². The lowest BCUT2D eigenvalue weighted by Crippen LogP contribution is -2.23. The molecule has 0 saturated carbocycles. The largest absolute Gasteiger partial charge is 0.355 e. The van der Waals surface area contributed by atoms with Crippen LogP contribution in [0.25, 0.3) is 5.70 Å². The van der Waals surface area contributed by atoms with E-state index in [0.29, 0.717) is 28.1 Å². The van der Waals surface area contributed by atoms with Gasteiger partial charge in [0, 0.05) is 30.6 Å². The molecule has 1 aliphatic heterocycles. The summed E-state index contributed by atoms with van der Waals surface area (Å²) < 4.78 is 41.0. The van der Waals surface area contributed by atoms with Crippen LogP contribution in [-0.2, 0) is 0 Å². The first kappa shape index (κ1) is 15.0. The van der Waals surface area contributed by atoms with Crippen LogP contribution in [0.15, 0.2) is 47.1 Å². The predicted molar refractivity (Wildman–Crippen MR) is 83.5 cm³/mol. The summed E-state index contributed by atoms with van der Waals surface area (Å²) in [6, 6.07) is 8.26. The van der Waals surface area contributed by atoms with E-state index in [-0.39, 0.29) is 5.82 Å². The monoisotopic (exact) mass is 368 g/mol. The van der Waals surface area contributed by atoms with Crippen molar-refractivity contribution in [2.45, 2.75) is 0 Å². The smallest absolute Gasteiger partial charge is 0.139 e. The van der Waals surface area contributed by atoms with Crippen LogP contribution in [0.5, 0.6) is 0 Å². The lowest BCUT2D eigenvalue weighted by atomic mass is 10.1. The summed E-state index contributed by atoms with van der Waals surface area (Å²) in [5.74, 6) is -1.61. The van der Waals surface area contributed by atoms with E-state index < -0.39 is 11.6 Å². The summed E-state index contributed by atoms with van der Waals surface area (Å²) in [5.41, 5.74) is 1.58. The van der Waals surface area contributed by atoms with Gasteiger partial charge in [0.15, 0.2) is 0 Å². The zero-order chi connectivity index (χ0) is 15.9. The maximum absolute atomic E-state index is 13.9. The van der Waals surface area contributed by atoms with Gasteiger partial charge in [-0.1, -0.05) is 0 Å². The number of halogens is 4. The first-order valence-electron chi connectivity index (χ1n) is 6.56. The van der Waals surface area contributed by atoms with Gasteiger partial charge in [0.25, 0.3) is 0 Å². The first-order chi connectivity index (χ1) is 10.5. The maximum Gasteiger partial charge on any atom is 0.139 e. The lowest BCUT2D eigenvalue weighted by molar-refractivity contribution is 0.508. The topological polar surface area (TPSA) is 6.48 Å². The summed E-state index contributed by atoms with van der Waals surface area (Å²) in [5, 5.41) is 0. The van der Waals surface area contributed by atoms with Crippen molar-refractivity contribution in [1.82, 2.24) is 4.90 Å². The zero-order valence-electron chi connectivity index (χ0n) is 11.7. The van der Waals surface area contributed by atoms with Crippen LogP contribution in [0.2, 0.25) is 0 Å². The van der Waals surface area contributed by atoms with Crippen LogP contribution in [0.1, 0.15) is 5.56 Å². The molecule has 0 aliphatic carbocycles. The number of hydrogen-bond donors (Lipinski definition) is 0. The number of hydrogen-bond acceptors (Lipinski definition) is 2. The summed E-state index contributed by atoms with van der Waals surface area (Å²) >= 11 is 3.11. The van der Waals surface area contributed by atoms with E-state index in [4.69, 9.17) is 0 Å². The summed E-state index contributed by atoms with van der Waals surface area (Å²) in [4.78, 5) is 3.61. The molecule has 22 heavy (non-hydrogen) atoms. The van der Waals surface area contributed by atoms with Crippen molar-refractivity contribution in [2.24, 2.45) is 0 Å². The lowest BCUT2D eigenvalue weighted by Gasteiger charge is -2.20. The van der Waals surface area contributed by atoms with Crippen LogP contribution in [0.4, 0.5) is 18.9 Å². The molecule has 3 rings (SSSR count). The van der Waals surface area contributed by atoms with Crippen LogP contribution in [0, 0.1) is 17.5 Å². The van der Waals surface area contributed by atoms with Gasteiger partial charge < -0.3 is 9.80 Å². The van der Waals surface area contributed by atoms with Gasteiger partial charge >= 0.3 is 0 Å². The molecule has 1 aliphatic rings. The Morgan fingerprint density at radius 2 is 1.77 bits per heavy atom. The molecule has 0 amide bonds. The number of benzene rings is 2. The van der Waals surface area contributed by atoms with Crippen molar-refractivity contribution in [3.8, 4) is 0 Å². The molecule has 1 heterocycles. The molecule has 2 aromatic carbocycles. The molecule has 0 aromatic heterocycles. The fraction of sp³-hybridized carbons (Fsp3) is 0.125. The Kier molecular flexibility index (Phi) is 3.87. The molecule has 0 atom stereocenters. The third kappa shape index (κ3) is 2.70. The molecule has 0 unspecified atom stereocenters. The summed E-state index contributed by atoms with van der Waals surface area (Å²) in [6.45, 7) is 0.452. The van der Waals surface area contributed by atoms with Gasteiger partial charge in [-0.2, -0.15) is 0 Å². The Balaban J connectivity index is 1.97. The molecule has 6 heteroatoms. The van der Waals surface area contributed by atoms with E-state index in [1.165, 1.54) is 18.2 Å². The SMILES string of the molecule is CN1CN(c2ccc(Br)c(F)c2)C=C1c1ccc(F)cc1F. The highest BCUT2D eigenvalue weighted by Crippen LogP contribution is 2.31. The summed E-state index contributed by atoms with van der Waals surface area (Å²) in [7, 11) is 1.80. The van der Waals surface area contributed by atoms with Crippen molar-refractivity contribution in [1.29, 1.82) is 0 Å². The third-order valence-corrected chi connectivity index (χ3v) is 4.14. The van der Waals surface area contributed by atoms with Crippen molar-refractivity contribution >= 4 is 27.3 Å². The van der Waals surface area contributed by atoms with Crippen LogP contribution < -0.4 is 4.90 Å². The van der Waals surface area contributed by atoms with Crippen LogP contribution in [-0.4, -0.2) is 18.6 Å². The van der Waals surface area contributed by atoms with Gasteiger partial charge in [0.05, 0.1) is 16.8 Å². The number of nitrogens with zero attached hydrogens (tertiary/aromatic N) is 2. The Morgan fingerprint density at radius 1 is 1.00 bits per heavy atom. The van der Waals surface area contributed by atoms with Crippen molar-refractivity contribution < 1.29 is 13.2 Å². The highest BCUT2D eigenvalue weighted by Gasteiger charge is 2.22. The highest BCUT2D eigenvalue weighted by atomic mass is 79.9. The third-order valence-electron chi connectivity index (χ3n) is 3.50. The van der Waals surface area contributed by atoms with E-state index in [9.17, 15) is 13.2 Å². The minimum atomic E-state index is -0.623. The van der Waals surface area contributed by atoms with Gasteiger partial charge in [-0.25, -0.2) is 13.2 Å². The Morgan fingerprint density at radius 3 is 2.45 bits per heavy atom. The molecular weight excluding hydrogens is 357 g/mol. The standard InChI is InChI=1S/C16H12BrF3N2/c1-21-9-22(11-3-5-13(17)15(20)7-11)8-16(21)12-4-2-10(18)6-14(12)19/h2-8H,9H2,1H3. The van der Waals surface area contributed by atoms with E-state index in [1.54, 1.807) is 30.3 Å². The van der Waals surface area contributed by atoms with Crippen LogP contribution in [0.3, 0.4) is 0 Å². The fourth-order valence-corrected chi connectivity index (χ4v) is 2.63. The van der Waals surface area contributed by atoms with E-state index >= 15 is 0 Å². The Labute approximate surface area is 134 Å². The Hall–Kier alpha value is -1.95. The average molecular weight is 369 g/mol. The van der Waals surface area contributed by atoms with Crippen molar-refractivity contribution in [3.05, 3.63) is 70.1 Å². The normalized spacial score (nSPS) is 14.5. The Bertz CT molecular complexity index is 761. The molecule has 2 nitrogen and oxygen atoms in total. The molecule has 0 saturated heterocycles. The van der Waals surface area contributed by atoms with Crippen molar-refractivity contribution in [2.75, 3.05) is 18.6 Å². The molecule has 0 radical (unpaired) electrons. The van der Waals surface area contributed by atoms with Gasteiger partial charge in [0.1, 0.15) is 17.5 Å². The summed E-state index contributed by atoms with van der Waals surface area (Å²) in [6.07, 6.45) is 1.72. The molecule has 0 N–H and O–H groups in total.